The van der Waals surface area contributed by atoms with Crippen molar-refractivity contribution in [1.29, 1.82) is 0 Å². The van der Waals surface area contributed by atoms with E-state index >= 15 is 0 Å². The van der Waals surface area contributed by atoms with Crippen molar-refractivity contribution < 1.29 is 22.7 Å². The normalized spacial score (nSPS) is 13.3. The number of benzene rings is 2. The first-order valence-electron chi connectivity index (χ1n) is 10.1. The van der Waals surface area contributed by atoms with Crippen LogP contribution in [0.5, 0.6) is 11.5 Å². The lowest BCUT2D eigenvalue weighted by molar-refractivity contribution is -0.122. The summed E-state index contributed by atoms with van der Waals surface area (Å²) >= 11 is 0. The lowest BCUT2D eigenvalue weighted by Crippen LogP contribution is -2.49. The van der Waals surface area contributed by atoms with Gasteiger partial charge in [0.25, 0.3) is 0 Å². The number of sulfonamides is 1. The molecule has 0 fully saturated rings. The van der Waals surface area contributed by atoms with Gasteiger partial charge in [-0.05, 0) is 68.7 Å². The Morgan fingerprint density at radius 2 is 1.68 bits per heavy atom. The zero-order chi connectivity index (χ0) is 23.3. The first-order valence-corrected chi connectivity index (χ1v) is 12.0. The lowest BCUT2D eigenvalue weighted by Gasteiger charge is -2.31. The molecule has 2 atom stereocenters. The summed E-state index contributed by atoms with van der Waals surface area (Å²) in [5.41, 5.74) is 3.07. The van der Waals surface area contributed by atoms with Crippen LogP contribution in [-0.4, -0.2) is 40.8 Å². The average molecular weight is 449 g/mol. The Morgan fingerprint density at radius 3 is 2.16 bits per heavy atom. The summed E-state index contributed by atoms with van der Waals surface area (Å²) in [4.78, 5) is 13.3. The number of ether oxygens (including phenoxy) is 2. The third-order valence-electron chi connectivity index (χ3n) is 5.05. The first kappa shape index (κ1) is 24.5. The highest BCUT2D eigenvalue weighted by Gasteiger charge is 2.32. The van der Waals surface area contributed by atoms with Gasteiger partial charge in [-0.15, -0.1) is 0 Å². The lowest BCUT2D eigenvalue weighted by atomic mass is 10.1. The molecule has 2 aromatic carbocycles. The van der Waals surface area contributed by atoms with E-state index in [1.54, 1.807) is 51.5 Å². The minimum atomic E-state index is -3.70. The summed E-state index contributed by atoms with van der Waals surface area (Å²) in [5.74, 6) is 0.859. The second-order valence-corrected chi connectivity index (χ2v) is 9.53. The van der Waals surface area contributed by atoms with Crippen LogP contribution in [0.15, 0.2) is 36.4 Å². The van der Waals surface area contributed by atoms with Crippen LogP contribution in [-0.2, 0) is 14.8 Å². The van der Waals surface area contributed by atoms with E-state index in [1.807, 2.05) is 26.8 Å². The van der Waals surface area contributed by atoms with Gasteiger partial charge in [-0.1, -0.05) is 13.0 Å². The fraction of sp³-hybridized carbons (Fsp3) is 0.435. The Morgan fingerprint density at radius 1 is 1.06 bits per heavy atom. The van der Waals surface area contributed by atoms with E-state index in [0.29, 0.717) is 23.6 Å². The van der Waals surface area contributed by atoms with Crippen LogP contribution in [0.3, 0.4) is 0 Å². The van der Waals surface area contributed by atoms with Crippen molar-refractivity contribution in [3.63, 3.8) is 0 Å². The molecule has 170 valence electrons. The van der Waals surface area contributed by atoms with Crippen LogP contribution in [0.1, 0.15) is 43.0 Å². The largest absolute Gasteiger partial charge is 0.497 e. The van der Waals surface area contributed by atoms with E-state index in [4.69, 9.17) is 9.47 Å². The van der Waals surface area contributed by atoms with Crippen LogP contribution in [0.25, 0.3) is 0 Å². The van der Waals surface area contributed by atoms with Crippen molar-refractivity contribution >= 4 is 21.6 Å². The van der Waals surface area contributed by atoms with Crippen molar-refractivity contribution in [2.75, 3.05) is 24.8 Å². The third-order valence-corrected chi connectivity index (χ3v) is 6.23. The molecule has 2 aromatic rings. The van der Waals surface area contributed by atoms with Crippen molar-refractivity contribution in [3.05, 3.63) is 53.1 Å². The molecule has 0 aliphatic carbocycles. The number of carbonyl (C=O) groups excluding carboxylic acids is 1. The molecule has 7 nitrogen and oxygen atoms in total. The monoisotopic (exact) mass is 448 g/mol. The maximum atomic E-state index is 13.3. The molecule has 1 amide bonds. The number of hydrogen-bond acceptors (Lipinski definition) is 5. The number of amides is 1. The van der Waals surface area contributed by atoms with E-state index < -0.39 is 22.1 Å². The maximum Gasteiger partial charge on any atom is 0.244 e. The summed E-state index contributed by atoms with van der Waals surface area (Å²) in [6.45, 7) is 7.41. The summed E-state index contributed by atoms with van der Waals surface area (Å²) in [7, 11) is -0.583. The molecule has 1 N–H and O–H groups in total. The van der Waals surface area contributed by atoms with Gasteiger partial charge in [-0.3, -0.25) is 9.10 Å². The van der Waals surface area contributed by atoms with Gasteiger partial charge in [0.2, 0.25) is 15.9 Å². The number of nitrogens with zero attached hydrogens (tertiary/aromatic N) is 1. The molecule has 0 saturated carbocycles. The topological polar surface area (TPSA) is 84.9 Å². The fourth-order valence-corrected chi connectivity index (χ4v) is 4.90. The molecule has 0 aliphatic rings. The molecule has 0 bridgehead atoms. The van der Waals surface area contributed by atoms with Gasteiger partial charge in [0, 0.05) is 5.56 Å². The molecular weight excluding hydrogens is 416 g/mol. The van der Waals surface area contributed by atoms with E-state index in [9.17, 15) is 13.2 Å². The Labute approximate surface area is 185 Å². The van der Waals surface area contributed by atoms with Crippen LogP contribution in [0, 0.1) is 13.8 Å². The molecule has 0 heterocycles. The molecule has 0 radical (unpaired) electrons. The predicted octanol–water partition coefficient (Wildman–Crippen LogP) is 3.74. The van der Waals surface area contributed by atoms with Crippen LogP contribution < -0.4 is 19.1 Å². The Hall–Kier alpha value is -2.74. The first-order chi connectivity index (χ1) is 14.5. The van der Waals surface area contributed by atoms with Crippen molar-refractivity contribution in [2.24, 2.45) is 0 Å². The summed E-state index contributed by atoms with van der Waals surface area (Å²) in [6.07, 6.45) is 1.43. The smallest absolute Gasteiger partial charge is 0.244 e. The SMILES string of the molecule is CC[C@H](C(=O)N[C@H](C)c1cc(OC)ccc1OC)N(c1cc(C)cc(C)c1)S(C)(=O)=O. The molecule has 0 saturated heterocycles. The van der Waals surface area contributed by atoms with Gasteiger partial charge in [0.1, 0.15) is 17.5 Å². The molecule has 0 spiro atoms. The van der Waals surface area contributed by atoms with Gasteiger partial charge < -0.3 is 14.8 Å². The van der Waals surface area contributed by atoms with Gasteiger partial charge >= 0.3 is 0 Å². The minimum absolute atomic E-state index is 0.313. The Bertz CT molecular complexity index is 1020. The van der Waals surface area contributed by atoms with E-state index in [2.05, 4.69) is 5.32 Å². The zero-order valence-electron chi connectivity index (χ0n) is 19.2. The minimum Gasteiger partial charge on any atom is -0.497 e. The number of aryl methyl sites for hydroxylation is 2. The molecule has 2 rings (SSSR count). The standard InChI is InChI=1S/C23H32N2O5S/c1-8-21(25(31(7,27)28)18-12-15(2)11-16(3)13-18)23(26)24-17(4)20-14-19(29-5)9-10-22(20)30-6/h9-14,17,21H,8H2,1-7H3,(H,24,26)/t17-,21-/m1/s1. The summed E-state index contributed by atoms with van der Waals surface area (Å²) in [5, 5.41) is 2.94. The maximum absolute atomic E-state index is 13.3. The van der Waals surface area contributed by atoms with Gasteiger partial charge in [0.15, 0.2) is 0 Å². The van der Waals surface area contributed by atoms with Gasteiger partial charge in [0.05, 0.1) is 32.2 Å². The second kappa shape index (κ2) is 10.0. The molecule has 0 aliphatic heterocycles. The highest BCUT2D eigenvalue weighted by Crippen LogP contribution is 2.30. The van der Waals surface area contributed by atoms with Crippen LogP contribution >= 0.6 is 0 Å². The molecule has 8 heteroatoms. The van der Waals surface area contributed by atoms with Gasteiger partial charge in [-0.2, -0.15) is 0 Å². The molecule has 0 aromatic heterocycles. The van der Waals surface area contributed by atoms with Crippen molar-refractivity contribution in [2.45, 2.75) is 46.2 Å². The number of carbonyl (C=O) groups is 1. The van der Waals surface area contributed by atoms with Crippen LogP contribution in [0.4, 0.5) is 5.69 Å². The molecule has 0 unspecified atom stereocenters. The number of rotatable bonds is 9. The van der Waals surface area contributed by atoms with Crippen molar-refractivity contribution in [1.82, 2.24) is 5.32 Å². The van der Waals surface area contributed by atoms with Gasteiger partial charge in [-0.25, -0.2) is 8.42 Å². The Kier molecular flexibility index (Phi) is 7.95. The van der Waals surface area contributed by atoms with E-state index in [1.165, 1.54) is 4.31 Å². The quantitative estimate of drug-likeness (QED) is 0.632. The third kappa shape index (κ3) is 5.91. The highest BCUT2D eigenvalue weighted by atomic mass is 32.2. The molecule has 31 heavy (non-hydrogen) atoms. The average Bonchev–Trinajstić information content (AvgIpc) is 2.69. The summed E-state index contributed by atoms with van der Waals surface area (Å²) < 4.78 is 37.3. The predicted molar refractivity (Wildman–Crippen MR) is 123 cm³/mol. The van der Waals surface area contributed by atoms with Crippen molar-refractivity contribution in [3.8, 4) is 11.5 Å². The number of hydrogen-bond donors (Lipinski definition) is 1. The number of nitrogens with one attached hydrogen (secondary N) is 1. The van der Waals surface area contributed by atoms with E-state index in [0.717, 1.165) is 22.9 Å². The second-order valence-electron chi connectivity index (χ2n) is 7.67. The zero-order valence-corrected chi connectivity index (χ0v) is 20.0. The fourth-order valence-electron chi connectivity index (χ4n) is 3.70. The van der Waals surface area contributed by atoms with E-state index in [-0.39, 0.29) is 5.91 Å². The Balaban J connectivity index is 2.40. The molecular formula is C23H32N2O5S. The highest BCUT2D eigenvalue weighted by molar-refractivity contribution is 7.92. The van der Waals surface area contributed by atoms with Crippen LogP contribution in [0.2, 0.25) is 0 Å². The number of methoxy groups -OCH3 is 2. The summed E-state index contributed by atoms with van der Waals surface area (Å²) in [6, 6.07) is 9.54. The number of anilines is 1.